The van der Waals surface area contributed by atoms with Crippen molar-refractivity contribution in [2.24, 2.45) is 0 Å². The Morgan fingerprint density at radius 1 is 1.35 bits per heavy atom. The largest absolute Gasteiger partial charge is 0.488 e. The Bertz CT molecular complexity index is 424. The Balaban J connectivity index is 1.99. The molecule has 0 N–H and O–H groups in total. The zero-order valence-electron chi connectivity index (χ0n) is 10.0. The lowest BCUT2D eigenvalue weighted by molar-refractivity contribution is 0.240. The monoisotopic (exact) mass is 236 g/mol. The van der Waals surface area contributed by atoms with E-state index in [-0.39, 0.29) is 5.82 Å². The Hall–Kier alpha value is -1.29. The molecule has 1 fully saturated rings. The Morgan fingerprint density at radius 3 is 3.12 bits per heavy atom. The summed E-state index contributed by atoms with van der Waals surface area (Å²) in [4.78, 5) is 4.62. The van der Waals surface area contributed by atoms with E-state index in [1.54, 1.807) is 6.07 Å². The SMILES string of the molecule is CN1CCN2c3cccc(F)c3OCC[C@H]2C1. The number of ether oxygens (including phenoxy) is 1. The first-order valence-electron chi connectivity index (χ1n) is 6.12. The Morgan fingerprint density at radius 2 is 2.24 bits per heavy atom. The van der Waals surface area contributed by atoms with Crippen molar-refractivity contribution < 1.29 is 9.13 Å². The van der Waals surface area contributed by atoms with E-state index in [1.807, 2.05) is 6.07 Å². The number of anilines is 1. The molecule has 0 amide bonds. The summed E-state index contributed by atoms with van der Waals surface area (Å²) in [6.45, 7) is 3.59. The number of hydrogen-bond acceptors (Lipinski definition) is 3. The highest BCUT2D eigenvalue weighted by atomic mass is 19.1. The third-order valence-electron chi connectivity index (χ3n) is 3.64. The Kier molecular flexibility index (Phi) is 2.67. The van der Waals surface area contributed by atoms with Gasteiger partial charge in [0.1, 0.15) is 0 Å². The van der Waals surface area contributed by atoms with Gasteiger partial charge in [-0.2, -0.15) is 0 Å². The van der Waals surface area contributed by atoms with Gasteiger partial charge in [0.2, 0.25) is 0 Å². The van der Waals surface area contributed by atoms with Crippen LogP contribution in [-0.4, -0.2) is 44.2 Å². The average molecular weight is 236 g/mol. The standard InChI is InChI=1S/C13H17FN2O/c1-15-6-7-16-10(9-15)5-8-17-13-11(14)3-2-4-12(13)16/h2-4,10H,5-9H2,1H3/t10-/m0/s1. The van der Waals surface area contributed by atoms with Crippen molar-refractivity contribution in [3.63, 3.8) is 0 Å². The van der Waals surface area contributed by atoms with Gasteiger partial charge in [-0.05, 0) is 19.2 Å². The molecule has 1 atom stereocenters. The molecule has 0 unspecified atom stereocenters. The van der Waals surface area contributed by atoms with Crippen molar-refractivity contribution in [1.29, 1.82) is 0 Å². The van der Waals surface area contributed by atoms with Crippen LogP contribution < -0.4 is 9.64 Å². The molecule has 2 aliphatic rings. The van der Waals surface area contributed by atoms with Crippen molar-refractivity contribution in [3.8, 4) is 5.75 Å². The van der Waals surface area contributed by atoms with Gasteiger partial charge in [0, 0.05) is 32.1 Å². The van der Waals surface area contributed by atoms with Gasteiger partial charge < -0.3 is 14.5 Å². The lowest BCUT2D eigenvalue weighted by Gasteiger charge is -2.40. The van der Waals surface area contributed by atoms with E-state index in [0.717, 1.165) is 31.7 Å². The van der Waals surface area contributed by atoms with Crippen LogP contribution >= 0.6 is 0 Å². The second kappa shape index (κ2) is 4.18. The molecule has 0 bridgehead atoms. The molecule has 0 aliphatic carbocycles. The smallest absolute Gasteiger partial charge is 0.178 e. The van der Waals surface area contributed by atoms with E-state index in [9.17, 15) is 4.39 Å². The van der Waals surface area contributed by atoms with Gasteiger partial charge in [0.05, 0.1) is 12.3 Å². The maximum absolute atomic E-state index is 13.7. The number of benzene rings is 1. The molecule has 0 radical (unpaired) electrons. The van der Waals surface area contributed by atoms with Crippen LogP contribution in [0.15, 0.2) is 18.2 Å². The normalized spacial score (nSPS) is 24.6. The molecule has 1 saturated heterocycles. The fourth-order valence-electron chi connectivity index (χ4n) is 2.74. The van der Waals surface area contributed by atoms with Crippen LogP contribution in [0.2, 0.25) is 0 Å². The van der Waals surface area contributed by atoms with E-state index >= 15 is 0 Å². The summed E-state index contributed by atoms with van der Waals surface area (Å²) in [5.74, 6) is 0.182. The lowest BCUT2D eigenvalue weighted by Crippen LogP contribution is -2.51. The van der Waals surface area contributed by atoms with E-state index in [4.69, 9.17) is 4.74 Å². The number of fused-ring (bicyclic) bond motifs is 3. The second-order valence-electron chi connectivity index (χ2n) is 4.83. The van der Waals surface area contributed by atoms with E-state index in [0.29, 0.717) is 18.4 Å². The zero-order chi connectivity index (χ0) is 11.8. The summed E-state index contributed by atoms with van der Waals surface area (Å²) in [5, 5.41) is 0. The summed E-state index contributed by atoms with van der Waals surface area (Å²) in [6, 6.07) is 5.63. The minimum atomic E-state index is -0.248. The molecule has 0 aromatic heterocycles. The number of piperazine rings is 1. The second-order valence-corrected chi connectivity index (χ2v) is 4.83. The molecule has 0 saturated carbocycles. The highest BCUT2D eigenvalue weighted by Gasteiger charge is 2.30. The lowest BCUT2D eigenvalue weighted by atomic mass is 10.1. The van der Waals surface area contributed by atoms with Crippen molar-refractivity contribution in [2.75, 3.05) is 38.2 Å². The molecular weight excluding hydrogens is 219 g/mol. The van der Waals surface area contributed by atoms with Crippen LogP contribution in [-0.2, 0) is 0 Å². The number of nitrogens with zero attached hydrogens (tertiary/aromatic N) is 2. The van der Waals surface area contributed by atoms with Gasteiger partial charge in [-0.3, -0.25) is 0 Å². The van der Waals surface area contributed by atoms with Gasteiger partial charge in [-0.1, -0.05) is 6.07 Å². The highest BCUT2D eigenvalue weighted by molar-refractivity contribution is 5.60. The van der Waals surface area contributed by atoms with Crippen LogP contribution in [0.5, 0.6) is 5.75 Å². The molecular formula is C13H17FN2O. The summed E-state index contributed by atoms with van der Waals surface area (Å²) in [6.07, 6.45) is 0.957. The molecule has 92 valence electrons. The third-order valence-corrected chi connectivity index (χ3v) is 3.64. The maximum Gasteiger partial charge on any atom is 0.178 e. The molecule has 2 aliphatic heterocycles. The molecule has 4 heteroatoms. The number of halogens is 1. The molecule has 1 aromatic rings. The number of hydrogen-bond donors (Lipinski definition) is 0. The van der Waals surface area contributed by atoms with Gasteiger partial charge in [0.15, 0.2) is 11.6 Å². The van der Waals surface area contributed by atoms with Crippen molar-refractivity contribution in [2.45, 2.75) is 12.5 Å². The van der Waals surface area contributed by atoms with Crippen LogP contribution in [0, 0.1) is 5.82 Å². The van der Waals surface area contributed by atoms with Crippen LogP contribution in [0.25, 0.3) is 0 Å². The number of rotatable bonds is 0. The molecule has 3 nitrogen and oxygen atoms in total. The summed E-state index contributed by atoms with van der Waals surface area (Å²) >= 11 is 0. The van der Waals surface area contributed by atoms with Crippen LogP contribution in [0.4, 0.5) is 10.1 Å². The number of para-hydroxylation sites is 1. The predicted molar refractivity (Wildman–Crippen MR) is 65.1 cm³/mol. The fraction of sp³-hybridized carbons (Fsp3) is 0.538. The van der Waals surface area contributed by atoms with Gasteiger partial charge in [-0.15, -0.1) is 0 Å². The maximum atomic E-state index is 13.7. The third kappa shape index (κ3) is 1.86. The number of likely N-dealkylation sites (N-methyl/N-ethyl adjacent to an activating group) is 1. The Labute approximate surface area is 101 Å². The zero-order valence-corrected chi connectivity index (χ0v) is 10.0. The minimum absolute atomic E-state index is 0.248. The van der Waals surface area contributed by atoms with Crippen molar-refractivity contribution in [1.82, 2.24) is 4.90 Å². The van der Waals surface area contributed by atoms with Gasteiger partial charge >= 0.3 is 0 Å². The molecule has 0 spiro atoms. The van der Waals surface area contributed by atoms with Gasteiger partial charge in [0.25, 0.3) is 0 Å². The summed E-state index contributed by atoms with van der Waals surface area (Å²) in [5.41, 5.74) is 0.917. The van der Waals surface area contributed by atoms with Crippen molar-refractivity contribution >= 4 is 5.69 Å². The summed E-state index contributed by atoms with van der Waals surface area (Å²) < 4.78 is 19.3. The average Bonchev–Trinajstić information content (AvgIpc) is 2.49. The first-order valence-corrected chi connectivity index (χ1v) is 6.12. The molecule has 17 heavy (non-hydrogen) atoms. The van der Waals surface area contributed by atoms with Crippen molar-refractivity contribution in [3.05, 3.63) is 24.0 Å². The van der Waals surface area contributed by atoms with E-state index in [1.165, 1.54) is 6.07 Å². The first-order chi connectivity index (χ1) is 8.25. The molecule has 3 rings (SSSR count). The van der Waals surface area contributed by atoms with Gasteiger partial charge in [-0.25, -0.2) is 4.39 Å². The quantitative estimate of drug-likeness (QED) is 0.682. The topological polar surface area (TPSA) is 15.7 Å². The molecule has 2 heterocycles. The fourth-order valence-corrected chi connectivity index (χ4v) is 2.74. The van der Waals surface area contributed by atoms with Crippen LogP contribution in [0.3, 0.4) is 0 Å². The first kappa shape index (κ1) is 10.8. The minimum Gasteiger partial charge on any atom is -0.488 e. The van der Waals surface area contributed by atoms with E-state index < -0.39 is 0 Å². The van der Waals surface area contributed by atoms with E-state index in [2.05, 4.69) is 16.8 Å². The molecule has 1 aromatic carbocycles. The predicted octanol–water partition coefficient (Wildman–Crippen LogP) is 1.73. The van der Waals surface area contributed by atoms with Crippen LogP contribution in [0.1, 0.15) is 6.42 Å². The summed E-state index contributed by atoms with van der Waals surface area (Å²) in [7, 11) is 2.13. The highest BCUT2D eigenvalue weighted by Crippen LogP contribution is 2.36.